The molecule has 8 heteroatoms. The Labute approximate surface area is 157 Å². The maximum absolute atomic E-state index is 12.3. The summed E-state index contributed by atoms with van der Waals surface area (Å²) < 4.78 is 3.91. The van der Waals surface area contributed by atoms with Gasteiger partial charge < -0.3 is 14.8 Å². The molecule has 4 rings (SSSR count). The summed E-state index contributed by atoms with van der Waals surface area (Å²) in [5.74, 6) is 0.730. The lowest BCUT2D eigenvalue weighted by Gasteiger charge is -2.27. The number of amides is 2. The zero-order valence-corrected chi connectivity index (χ0v) is 15.6. The van der Waals surface area contributed by atoms with Crippen molar-refractivity contribution in [3.8, 4) is 11.5 Å². The quantitative estimate of drug-likeness (QED) is 0.765. The monoisotopic (exact) mass is 365 g/mol. The van der Waals surface area contributed by atoms with Crippen LogP contribution in [0.4, 0.5) is 4.79 Å². The van der Waals surface area contributed by atoms with Gasteiger partial charge in [0, 0.05) is 37.8 Å². The van der Waals surface area contributed by atoms with Gasteiger partial charge >= 0.3 is 6.03 Å². The molecule has 0 saturated carbocycles. The molecule has 0 bridgehead atoms. The van der Waals surface area contributed by atoms with Crippen LogP contribution in [0.5, 0.6) is 0 Å². The number of urea groups is 1. The van der Waals surface area contributed by atoms with Crippen LogP contribution in [0, 0.1) is 0 Å². The predicted molar refractivity (Wildman–Crippen MR) is 101 cm³/mol. The molecule has 0 saturated heterocycles. The van der Waals surface area contributed by atoms with Gasteiger partial charge in [-0.05, 0) is 12.5 Å². The molecule has 1 N–H and O–H groups in total. The molecule has 2 aromatic heterocycles. The number of rotatable bonds is 4. The lowest BCUT2D eigenvalue weighted by molar-refractivity contribution is 0.192. The summed E-state index contributed by atoms with van der Waals surface area (Å²) >= 11 is 0. The number of carbonyl (C=O) groups is 1. The number of nitrogens with one attached hydrogen (secondary N) is 1. The average molecular weight is 365 g/mol. The molecule has 27 heavy (non-hydrogen) atoms. The van der Waals surface area contributed by atoms with Crippen LogP contribution in [0.2, 0.25) is 0 Å². The highest BCUT2D eigenvalue weighted by Crippen LogP contribution is 2.29. The van der Waals surface area contributed by atoms with Crippen molar-refractivity contribution in [2.45, 2.75) is 26.4 Å². The molecule has 1 aliphatic rings. The second-order valence-electron chi connectivity index (χ2n) is 6.67. The first kappa shape index (κ1) is 17.3. The highest BCUT2D eigenvalue weighted by atomic mass is 16.2. The molecule has 2 amide bonds. The molecule has 0 radical (unpaired) electrons. The van der Waals surface area contributed by atoms with Crippen LogP contribution in [-0.2, 0) is 26.6 Å². The third-order valence-corrected chi connectivity index (χ3v) is 4.88. The Morgan fingerprint density at radius 1 is 1.26 bits per heavy atom. The SMILES string of the molecule is CCNC(=O)N1CCc2c(c(-c3nncn3Cc3ccccc3)nn2C)C1. The van der Waals surface area contributed by atoms with Gasteiger partial charge in [-0.15, -0.1) is 10.2 Å². The van der Waals surface area contributed by atoms with Crippen molar-refractivity contribution in [1.82, 2.24) is 34.8 Å². The Kier molecular flexibility index (Phi) is 4.62. The Morgan fingerprint density at radius 2 is 2.07 bits per heavy atom. The number of benzene rings is 1. The van der Waals surface area contributed by atoms with E-state index in [2.05, 4.69) is 27.6 Å². The minimum Gasteiger partial charge on any atom is -0.338 e. The summed E-state index contributed by atoms with van der Waals surface area (Å²) in [5.41, 5.74) is 4.18. The molecular formula is C19H23N7O. The minimum absolute atomic E-state index is 0.0382. The summed E-state index contributed by atoms with van der Waals surface area (Å²) in [5, 5.41) is 16.0. The van der Waals surface area contributed by atoms with Crippen molar-refractivity contribution in [2.24, 2.45) is 7.05 Å². The van der Waals surface area contributed by atoms with Crippen LogP contribution in [0.25, 0.3) is 11.5 Å². The average Bonchev–Trinajstić information content (AvgIpc) is 3.26. The summed E-state index contributed by atoms with van der Waals surface area (Å²) in [6.45, 7) is 4.44. The zero-order valence-electron chi connectivity index (χ0n) is 15.6. The Balaban J connectivity index is 1.67. The third-order valence-electron chi connectivity index (χ3n) is 4.88. The maximum atomic E-state index is 12.3. The standard InChI is InChI=1S/C19H23N7O/c1-3-20-19(27)25-10-9-16-15(12-25)17(23-24(16)2)18-22-21-13-26(18)11-14-7-5-4-6-8-14/h4-8,13H,3,9-12H2,1-2H3,(H,20,27). The zero-order chi connectivity index (χ0) is 18.8. The summed E-state index contributed by atoms with van der Waals surface area (Å²) in [7, 11) is 1.95. The number of carbonyl (C=O) groups excluding carboxylic acids is 1. The smallest absolute Gasteiger partial charge is 0.317 e. The lowest BCUT2D eigenvalue weighted by atomic mass is 10.0. The van der Waals surface area contributed by atoms with Gasteiger partial charge in [-0.1, -0.05) is 30.3 Å². The molecule has 3 heterocycles. The van der Waals surface area contributed by atoms with Crippen molar-refractivity contribution in [3.05, 3.63) is 53.5 Å². The van der Waals surface area contributed by atoms with E-state index in [0.717, 1.165) is 29.2 Å². The first-order valence-electron chi connectivity index (χ1n) is 9.17. The van der Waals surface area contributed by atoms with E-state index < -0.39 is 0 Å². The number of nitrogens with zero attached hydrogens (tertiary/aromatic N) is 6. The highest BCUT2D eigenvalue weighted by Gasteiger charge is 2.28. The van der Waals surface area contributed by atoms with Gasteiger partial charge in [0.25, 0.3) is 0 Å². The van der Waals surface area contributed by atoms with Crippen molar-refractivity contribution in [1.29, 1.82) is 0 Å². The molecule has 0 atom stereocenters. The van der Waals surface area contributed by atoms with Gasteiger partial charge in [0.1, 0.15) is 12.0 Å². The van der Waals surface area contributed by atoms with E-state index in [1.54, 1.807) is 6.33 Å². The van der Waals surface area contributed by atoms with Crippen molar-refractivity contribution in [3.63, 3.8) is 0 Å². The van der Waals surface area contributed by atoms with Crippen molar-refractivity contribution in [2.75, 3.05) is 13.1 Å². The highest BCUT2D eigenvalue weighted by molar-refractivity contribution is 5.75. The van der Waals surface area contributed by atoms with Gasteiger partial charge in [-0.3, -0.25) is 4.68 Å². The summed E-state index contributed by atoms with van der Waals surface area (Å²) in [6.07, 6.45) is 2.51. The fourth-order valence-electron chi connectivity index (χ4n) is 3.54. The number of hydrogen-bond donors (Lipinski definition) is 1. The molecule has 0 unspecified atom stereocenters. The number of aromatic nitrogens is 5. The normalized spacial score (nSPS) is 13.5. The number of fused-ring (bicyclic) bond motifs is 1. The molecule has 0 fully saturated rings. The molecule has 0 aliphatic carbocycles. The first-order chi connectivity index (χ1) is 13.2. The number of hydrogen-bond acceptors (Lipinski definition) is 4. The largest absolute Gasteiger partial charge is 0.338 e. The van der Waals surface area contributed by atoms with E-state index in [9.17, 15) is 4.79 Å². The fourth-order valence-corrected chi connectivity index (χ4v) is 3.54. The van der Waals surface area contributed by atoms with Crippen LogP contribution >= 0.6 is 0 Å². The minimum atomic E-state index is -0.0382. The lowest BCUT2D eigenvalue weighted by Crippen LogP contribution is -2.42. The molecule has 140 valence electrons. The van der Waals surface area contributed by atoms with E-state index in [1.807, 2.05) is 46.3 Å². The second kappa shape index (κ2) is 7.22. The van der Waals surface area contributed by atoms with Crippen LogP contribution < -0.4 is 5.32 Å². The van der Waals surface area contributed by atoms with Crippen molar-refractivity contribution >= 4 is 6.03 Å². The van der Waals surface area contributed by atoms with E-state index >= 15 is 0 Å². The van der Waals surface area contributed by atoms with Gasteiger partial charge in [0.2, 0.25) is 0 Å². The number of aryl methyl sites for hydroxylation is 1. The molecule has 1 aliphatic heterocycles. The molecular weight excluding hydrogens is 342 g/mol. The van der Waals surface area contributed by atoms with Crippen LogP contribution in [0.3, 0.4) is 0 Å². The molecule has 0 spiro atoms. The van der Waals surface area contributed by atoms with Crippen LogP contribution in [0.15, 0.2) is 36.7 Å². The van der Waals surface area contributed by atoms with Gasteiger partial charge in [0.05, 0.1) is 13.1 Å². The van der Waals surface area contributed by atoms with Crippen molar-refractivity contribution < 1.29 is 4.79 Å². The van der Waals surface area contributed by atoms with Gasteiger partial charge in [-0.2, -0.15) is 5.10 Å². The third kappa shape index (κ3) is 3.30. The fraction of sp³-hybridized carbons (Fsp3) is 0.368. The second-order valence-corrected chi connectivity index (χ2v) is 6.67. The Bertz CT molecular complexity index is 944. The van der Waals surface area contributed by atoms with Gasteiger partial charge in [-0.25, -0.2) is 4.79 Å². The Morgan fingerprint density at radius 3 is 2.85 bits per heavy atom. The van der Waals surface area contributed by atoms with Gasteiger partial charge in [0.15, 0.2) is 5.82 Å². The topological polar surface area (TPSA) is 80.9 Å². The Hall–Kier alpha value is -3.16. The molecule has 8 nitrogen and oxygen atoms in total. The molecule has 1 aromatic carbocycles. The van der Waals surface area contributed by atoms with E-state index in [-0.39, 0.29) is 6.03 Å². The first-order valence-corrected chi connectivity index (χ1v) is 9.17. The maximum Gasteiger partial charge on any atom is 0.317 e. The van der Waals surface area contributed by atoms with E-state index in [0.29, 0.717) is 26.2 Å². The van der Waals surface area contributed by atoms with Crippen LogP contribution in [-0.4, -0.2) is 48.6 Å². The molecule has 3 aromatic rings. The van der Waals surface area contributed by atoms with E-state index in [4.69, 9.17) is 5.10 Å². The van der Waals surface area contributed by atoms with E-state index in [1.165, 1.54) is 5.56 Å². The summed E-state index contributed by atoms with van der Waals surface area (Å²) in [4.78, 5) is 14.1. The van der Waals surface area contributed by atoms with Crippen LogP contribution in [0.1, 0.15) is 23.7 Å². The summed E-state index contributed by atoms with van der Waals surface area (Å²) in [6, 6.07) is 10.2. The predicted octanol–water partition coefficient (Wildman–Crippen LogP) is 1.81.